The number of rotatable bonds is 2. The van der Waals surface area contributed by atoms with Crippen molar-refractivity contribution in [2.45, 2.75) is 26.4 Å². The molecule has 4 aromatic rings. The normalized spacial score (nSPS) is 15.0. The summed E-state index contributed by atoms with van der Waals surface area (Å²) in [5.41, 5.74) is 7.48. The highest BCUT2D eigenvalue weighted by molar-refractivity contribution is 5.91. The van der Waals surface area contributed by atoms with Crippen LogP contribution in [0.2, 0.25) is 0 Å². The van der Waals surface area contributed by atoms with E-state index in [0.717, 1.165) is 33.8 Å². The molecule has 2 heterocycles. The Balaban J connectivity index is 1.62. The molecule has 0 saturated carbocycles. The van der Waals surface area contributed by atoms with Crippen LogP contribution in [-0.4, -0.2) is 15.5 Å². The monoisotopic (exact) mass is 407 g/mol. The fourth-order valence-corrected chi connectivity index (χ4v) is 4.47. The maximum absolute atomic E-state index is 13.7. The predicted molar refractivity (Wildman–Crippen MR) is 125 cm³/mol. The van der Waals surface area contributed by atoms with Crippen molar-refractivity contribution in [3.8, 4) is 5.69 Å². The largest absolute Gasteiger partial charge is 0.322 e. The van der Waals surface area contributed by atoms with Gasteiger partial charge in [0.25, 0.3) is 0 Å². The minimum Gasteiger partial charge on any atom is -0.318 e. The molecule has 1 N–H and O–H groups in total. The van der Waals surface area contributed by atoms with Gasteiger partial charge in [-0.25, -0.2) is 4.79 Å². The summed E-state index contributed by atoms with van der Waals surface area (Å²) in [6, 6.07) is 28.5. The number of nitrogens with one attached hydrogen (secondary N) is 1. The van der Waals surface area contributed by atoms with Gasteiger partial charge >= 0.3 is 6.03 Å². The Hall–Kier alpha value is -3.79. The summed E-state index contributed by atoms with van der Waals surface area (Å²) >= 11 is 0. The van der Waals surface area contributed by atoms with E-state index in [-0.39, 0.29) is 12.1 Å². The lowest BCUT2D eigenvalue weighted by Gasteiger charge is -2.31. The van der Waals surface area contributed by atoms with Crippen molar-refractivity contribution in [2.75, 3.05) is 5.32 Å². The van der Waals surface area contributed by atoms with Crippen LogP contribution in [0, 0.1) is 13.8 Å². The molecule has 0 saturated heterocycles. The average molecular weight is 408 g/mol. The van der Waals surface area contributed by atoms with E-state index < -0.39 is 0 Å². The molecule has 1 unspecified atom stereocenters. The minimum atomic E-state index is -0.200. The number of benzene rings is 3. The zero-order valence-electron chi connectivity index (χ0n) is 17.7. The van der Waals surface area contributed by atoms with Crippen LogP contribution in [0.25, 0.3) is 5.69 Å². The second-order valence-electron chi connectivity index (χ2n) is 8.12. The molecule has 31 heavy (non-hydrogen) atoms. The summed E-state index contributed by atoms with van der Waals surface area (Å²) in [5, 5.41) is 3.17. The number of nitrogens with zero attached hydrogens (tertiary/aromatic N) is 2. The molecule has 154 valence electrons. The summed E-state index contributed by atoms with van der Waals surface area (Å²) in [4.78, 5) is 15.6. The van der Waals surface area contributed by atoms with Crippen molar-refractivity contribution < 1.29 is 4.79 Å². The highest BCUT2D eigenvalue weighted by Crippen LogP contribution is 2.37. The Morgan fingerprint density at radius 2 is 1.68 bits per heavy atom. The number of urea groups is 1. The quantitative estimate of drug-likeness (QED) is 0.420. The van der Waals surface area contributed by atoms with Crippen molar-refractivity contribution in [1.82, 2.24) is 9.47 Å². The van der Waals surface area contributed by atoms with Gasteiger partial charge in [0.15, 0.2) is 0 Å². The van der Waals surface area contributed by atoms with E-state index in [2.05, 4.69) is 59.4 Å². The molecule has 1 atom stereocenters. The smallest absolute Gasteiger partial charge is 0.318 e. The van der Waals surface area contributed by atoms with Crippen LogP contribution in [0.4, 0.5) is 10.5 Å². The van der Waals surface area contributed by atoms with Crippen molar-refractivity contribution >= 4 is 11.7 Å². The number of anilines is 1. The number of hydrogen-bond acceptors (Lipinski definition) is 1. The van der Waals surface area contributed by atoms with Crippen LogP contribution < -0.4 is 5.32 Å². The number of carbonyl (C=O) groups is 1. The van der Waals surface area contributed by atoms with Crippen molar-refractivity contribution in [1.29, 1.82) is 0 Å². The number of para-hydroxylation sites is 1. The van der Waals surface area contributed by atoms with E-state index in [1.807, 2.05) is 60.4 Å². The van der Waals surface area contributed by atoms with Gasteiger partial charge in [0.2, 0.25) is 0 Å². The number of hydrogen-bond donors (Lipinski definition) is 1. The molecule has 4 heteroatoms. The van der Waals surface area contributed by atoms with Crippen LogP contribution in [0.3, 0.4) is 0 Å². The van der Waals surface area contributed by atoms with Gasteiger partial charge in [-0.15, -0.1) is 0 Å². The van der Waals surface area contributed by atoms with Gasteiger partial charge in [-0.1, -0.05) is 66.2 Å². The van der Waals surface area contributed by atoms with Crippen molar-refractivity contribution in [3.63, 3.8) is 0 Å². The zero-order chi connectivity index (χ0) is 21.4. The molecule has 0 spiro atoms. The molecule has 1 aliphatic rings. The van der Waals surface area contributed by atoms with Crippen molar-refractivity contribution in [3.05, 3.63) is 119 Å². The van der Waals surface area contributed by atoms with Gasteiger partial charge in [0, 0.05) is 17.6 Å². The Kier molecular flexibility index (Phi) is 4.83. The number of aromatic nitrogens is 1. The molecule has 3 aromatic carbocycles. The Morgan fingerprint density at radius 1 is 0.903 bits per heavy atom. The molecule has 5 rings (SSSR count). The van der Waals surface area contributed by atoms with Gasteiger partial charge < -0.3 is 14.8 Å². The summed E-state index contributed by atoms with van der Waals surface area (Å²) < 4.78 is 2.21. The van der Waals surface area contributed by atoms with E-state index in [1.54, 1.807) is 0 Å². The number of carbonyl (C=O) groups excluding carboxylic acids is 1. The van der Waals surface area contributed by atoms with Crippen LogP contribution in [0.1, 0.15) is 34.0 Å². The molecule has 4 nitrogen and oxygen atoms in total. The lowest BCUT2D eigenvalue weighted by Crippen LogP contribution is -2.38. The molecule has 0 radical (unpaired) electrons. The molecule has 1 aromatic heterocycles. The highest BCUT2D eigenvalue weighted by Gasteiger charge is 2.32. The summed E-state index contributed by atoms with van der Waals surface area (Å²) in [7, 11) is 0. The van der Waals surface area contributed by atoms with Crippen LogP contribution >= 0.6 is 0 Å². The van der Waals surface area contributed by atoms with E-state index >= 15 is 0 Å². The molecule has 0 bridgehead atoms. The summed E-state index contributed by atoms with van der Waals surface area (Å²) in [6.45, 7) is 4.61. The zero-order valence-corrected chi connectivity index (χ0v) is 17.7. The number of fused-ring (bicyclic) bond motifs is 3. The lowest BCUT2D eigenvalue weighted by atomic mass is 10.0. The third kappa shape index (κ3) is 3.50. The molecule has 0 aliphatic carbocycles. The van der Waals surface area contributed by atoms with Gasteiger partial charge in [-0.3, -0.25) is 0 Å². The Labute approximate surface area is 182 Å². The molecule has 0 fully saturated rings. The van der Waals surface area contributed by atoms with Gasteiger partial charge in [-0.2, -0.15) is 0 Å². The molecule has 1 aliphatic heterocycles. The highest BCUT2D eigenvalue weighted by atomic mass is 16.2. The topological polar surface area (TPSA) is 37.3 Å². The van der Waals surface area contributed by atoms with E-state index in [0.29, 0.717) is 6.54 Å². The van der Waals surface area contributed by atoms with Crippen LogP contribution in [0.15, 0.2) is 91.1 Å². The first-order valence-corrected chi connectivity index (χ1v) is 10.6. The second-order valence-corrected chi connectivity index (χ2v) is 8.12. The van der Waals surface area contributed by atoms with Gasteiger partial charge in [0.05, 0.1) is 18.3 Å². The SMILES string of the molecule is Cc1ccc(NC(=O)N2Cc3ccccc3-n3cccc3C2c2ccccc2)c(C)c1. The average Bonchev–Trinajstić information content (AvgIpc) is 3.20. The van der Waals surface area contributed by atoms with Crippen molar-refractivity contribution in [2.24, 2.45) is 0 Å². The lowest BCUT2D eigenvalue weighted by molar-refractivity contribution is 0.194. The summed E-state index contributed by atoms with van der Waals surface area (Å²) in [5.74, 6) is 0. The van der Waals surface area contributed by atoms with E-state index in [9.17, 15) is 4.79 Å². The first-order chi connectivity index (χ1) is 15.1. The Morgan fingerprint density at radius 3 is 2.48 bits per heavy atom. The Bertz CT molecular complexity index is 1240. The summed E-state index contributed by atoms with van der Waals surface area (Å²) in [6.07, 6.45) is 2.08. The van der Waals surface area contributed by atoms with E-state index in [1.165, 1.54) is 5.56 Å². The first kappa shape index (κ1) is 19.2. The molecule has 2 amide bonds. The maximum atomic E-state index is 13.7. The second kappa shape index (κ2) is 7.80. The first-order valence-electron chi connectivity index (χ1n) is 10.6. The van der Waals surface area contributed by atoms with Crippen LogP contribution in [0.5, 0.6) is 0 Å². The van der Waals surface area contributed by atoms with Gasteiger partial charge in [0.1, 0.15) is 0 Å². The van der Waals surface area contributed by atoms with Crippen LogP contribution in [-0.2, 0) is 6.54 Å². The number of aryl methyl sites for hydroxylation is 2. The van der Waals surface area contributed by atoms with E-state index in [4.69, 9.17) is 0 Å². The fourth-order valence-electron chi connectivity index (χ4n) is 4.47. The maximum Gasteiger partial charge on any atom is 0.322 e. The number of amides is 2. The minimum absolute atomic E-state index is 0.106. The van der Waals surface area contributed by atoms with Gasteiger partial charge in [-0.05, 0) is 54.8 Å². The predicted octanol–water partition coefficient (Wildman–Crippen LogP) is 6.23. The third-order valence-electron chi connectivity index (χ3n) is 5.96. The fraction of sp³-hybridized carbons (Fsp3) is 0.148. The molecular weight excluding hydrogens is 382 g/mol. The standard InChI is InChI=1S/C27H25N3O/c1-19-14-15-23(20(2)17-19)28-27(31)30-18-22-11-6-7-12-24(22)29-16-8-13-25(29)26(30)21-9-4-3-5-10-21/h3-17,26H,18H2,1-2H3,(H,28,31). The molecular formula is C27H25N3O. The third-order valence-corrected chi connectivity index (χ3v) is 5.96.